The first-order chi connectivity index (χ1) is 14.5. The number of aldehydes is 1. The third-order valence-electron chi connectivity index (χ3n) is 5.57. The van der Waals surface area contributed by atoms with Crippen molar-refractivity contribution in [3.63, 3.8) is 0 Å². The Bertz CT molecular complexity index is 830. The van der Waals surface area contributed by atoms with Crippen molar-refractivity contribution in [1.29, 1.82) is 0 Å². The molecular formula is C24H30F2N2OS. The number of likely N-dealkylation sites (N-methyl/N-ethyl adjacent to an activating group) is 1. The maximum atomic E-state index is 14.3. The van der Waals surface area contributed by atoms with Crippen LogP contribution >= 0.6 is 11.9 Å². The van der Waals surface area contributed by atoms with E-state index < -0.39 is 6.17 Å². The Morgan fingerprint density at radius 2 is 1.97 bits per heavy atom. The Kier molecular flexibility index (Phi) is 8.42. The summed E-state index contributed by atoms with van der Waals surface area (Å²) < 4.78 is 31.7. The van der Waals surface area contributed by atoms with E-state index in [1.165, 1.54) is 6.07 Å². The van der Waals surface area contributed by atoms with E-state index in [1.807, 2.05) is 37.4 Å². The van der Waals surface area contributed by atoms with Crippen LogP contribution in [-0.2, 0) is 11.2 Å². The number of alkyl halides is 1. The van der Waals surface area contributed by atoms with Crippen molar-refractivity contribution in [2.24, 2.45) is 5.92 Å². The number of benzene rings is 2. The van der Waals surface area contributed by atoms with Gasteiger partial charge in [0.1, 0.15) is 18.3 Å². The fourth-order valence-corrected chi connectivity index (χ4v) is 4.35. The summed E-state index contributed by atoms with van der Waals surface area (Å²) in [5, 5.41) is 0. The predicted octanol–water partition coefficient (Wildman–Crippen LogP) is 4.91. The van der Waals surface area contributed by atoms with Crippen LogP contribution < -0.4 is 4.72 Å². The summed E-state index contributed by atoms with van der Waals surface area (Å²) in [5.41, 5.74) is 2.56. The second kappa shape index (κ2) is 11.0. The van der Waals surface area contributed by atoms with Gasteiger partial charge in [0.05, 0.1) is 6.04 Å². The van der Waals surface area contributed by atoms with E-state index in [0.29, 0.717) is 18.0 Å². The molecule has 1 saturated heterocycles. The first kappa shape index (κ1) is 22.9. The van der Waals surface area contributed by atoms with E-state index in [2.05, 4.69) is 16.5 Å². The number of halogens is 2. The minimum atomic E-state index is -0.871. The summed E-state index contributed by atoms with van der Waals surface area (Å²) in [6.45, 7) is 2.50. The van der Waals surface area contributed by atoms with Gasteiger partial charge in [0.25, 0.3) is 0 Å². The van der Waals surface area contributed by atoms with E-state index in [0.717, 1.165) is 42.4 Å². The average molecular weight is 433 g/mol. The van der Waals surface area contributed by atoms with Crippen LogP contribution in [0.2, 0.25) is 0 Å². The number of carbonyl (C=O) groups is 1. The Labute approximate surface area is 182 Å². The quantitative estimate of drug-likeness (QED) is 0.498. The van der Waals surface area contributed by atoms with Gasteiger partial charge in [0.15, 0.2) is 0 Å². The number of likely N-dealkylation sites (tertiary alicyclic amines) is 1. The number of hydrogen-bond acceptors (Lipinski definition) is 4. The number of nitrogens with zero attached hydrogens (tertiary/aromatic N) is 1. The molecule has 0 bridgehead atoms. The predicted molar refractivity (Wildman–Crippen MR) is 121 cm³/mol. The number of hydrogen-bond donors (Lipinski definition) is 1. The molecule has 0 aromatic heterocycles. The van der Waals surface area contributed by atoms with Gasteiger partial charge in [-0.3, -0.25) is 9.62 Å². The lowest BCUT2D eigenvalue weighted by molar-refractivity contribution is -0.108. The van der Waals surface area contributed by atoms with Gasteiger partial charge in [-0.15, -0.1) is 0 Å². The maximum absolute atomic E-state index is 14.3. The summed E-state index contributed by atoms with van der Waals surface area (Å²) in [6, 6.07) is 14.6. The lowest BCUT2D eigenvalue weighted by atomic mass is 9.96. The first-order valence-electron chi connectivity index (χ1n) is 10.5. The first-order valence-corrected chi connectivity index (χ1v) is 11.5. The van der Waals surface area contributed by atoms with Crippen LogP contribution in [0.5, 0.6) is 0 Å². The Balaban J connectivity index is 0.000000448. The van der Waals surface area contributed by atoms with E-state index in [1.54, 1.807) is 24.1 Å². The molecule has 1 N–H and O–H groups in total. The normalized spacial score (nSPS) is 23.7. The van der Waals surface area contributed by atoms with Gasteiger partial charge in [-0.1, -0.05) is 61.3 Å². The molecule has 3 unspecified atom stereocenters. The molecule has 1 saturated carbocycles. The molecular weight excluding hydrogens is 402 g/mol. The molecule has 30 heavy (non-hydrogen) atoms. The van der Waals surface area contributed by atoms with Crippen LogP contribution in [-0.4, -0.2) is 48.8 Å². The van der Waals surface area contributed by atoms with Crippen molar-refractivity contribution < 1.29 is 13.6 Å². The molecule has 0 radical (unpaired) electrons. The third kappa shape index (κ3) is 6.13. The number of carbonyl (C=O) groups excluding carboxylic acids is 1. The molecule has 0 amide bonds. The summed E-state index contributed by atoms with van der Waals surface area (Å²) in [4.78, 5) is 11.6. The molecule has 1 aliphatic heterocycles. The summed E-state index contributed by atoms with van der Waals surface area (Å²) >= 11 is 1.56. The van der Waals surface area contributed by atoms with Gasteiger partial charge in [-0.25, -0.2) is 8.78 Å². The molecule has 2 fully saturated rings. The van der Waals surface area contributed by atoms with Gasteiger partial charge in [0, 0.05) is 29.8 Å². The van der Waals surface area contributed by atoms with Gasteiger partial charge < -0.3 is 4.79 Å². The standard InChI is InChI=1S/C20H24F2N2S.C4H6O/c1-3-25-23-20-18(22)13-24(2)19(20)12-14-7-6-8-15(11-14)16-9-4-5-10-17(16)21;5-3-4-1-2-4/h4-11,18-20,23H,3,12-13H2,1-2H3;3-4H,1-2H2. The minimum absolute atomic E-state index is 0.0879. The van der Waals surface area contributed by atoms with Crippen molar-refractivity contribution >= 4 is 18.2 Å². The zero-order chi connectivity index (χ0) is 21.5. The SMILES string of the molecule is CCSNC1C(F)CN(C)C1Cc1cccc(-c2ccccc2F)c1.O=CC1CC1. The zero-order valence-corrected chi connectivity index (χ0v) is 18.4. The molecule has 2 aliphatic rings. The molecule has 2 aromatic carbocycles. The maximum Gasteiger partial charge on any atom is 0.131 e. The van der Waals surface area contributed by atoms with Gasteiger partial charge in [0.2, 0.25) is 0 Å². The second-order valence-electron chi connectivity index (χ2n) is 7.96. The molecule has 4 rings (SSSR count). The van der Waals surface area contributed by atoms with E-state index in [4.69, 9.17) is 0 Å². The van der Waals surface area contributed by atoms with E-state index >= 15 is 0 Å². The van der Waals surface area contributed by atoms with Crippen LogP contribution in [0, 0.1) is 11.7 Å². The molecule has 1 heterocycles. The Hall–Kier alpha value is -1.76. The van der Waals surface area contributed by atoms with Crippen LogP contribution in [0.25, 0.3) is 11.1 Å². The van der Waals surface area contributed by atoms with E-state index in [-0.39, 0.29) is 17.9 Å². The van der Waals surface area contributed by atoms with Crippen molar-refractivity contribution in [3.8, 4) is 11.1 Å². The molecule has 0 spiro atoms. The second-order valence-corrected chi connectivity index (χ2v) is 9.06. The number of rotatable bonds is 7. The zero-order valence-electron chi connectivity index (χ0n) is 17.6. The summed E-state index contributed by atoms with van der Waals surface area (Å²) in [5.74, 6) is 1.14. The van der Waals surface area contributed by atoms with Crippen LogP contribution in [0.1, 0.15) is 25.3 Å². The van der Waals surface area contributed by atoms with Crippen molar-refractivity contribution in [2.75, 3.05) is 19.3 Å². The molecule has 6 heteroatoms. The largest absolute Gasteiger partial charge is 0.303 e. The van der Waals surface area contributed by atoms with Crippen LogP contribution in [0.15, 0.2) is 48.5 Å². The van der Waals surface area contributed by atoms with Gasteiger partial charge in [-0.2, -0.15) is 0 Å². The number of nitrogens with one attached hydrogen (secondary N) is 1. The average Bonchev–Trinajstić information content (AvgIpc) is 3.55. The monoisotopic (exact) mass is 432 g/mol. The topological polar surface area (TPSA) is 32.3 Å². The highest BCUT2D eigenvalue weighted by Crippen LogP contribution is 2.28. The Morgan fingerprint density at radius 1 is 1.20 bits per heavy atom. The third-order valence-corrected chi connectivity index (χ3v) is 6.30. The molecule has 2 aromatic rings. The highest BCUT2D eigenvalue weighted by Gasteiger charge is 2.40. The molecule has 162 valence electrons. The summed E-state index contributed by atoms with van der Waals surface area (Å²) in [7, 11) is 1.97. The lowest BCUT2D eigenvalue weighted by Gasteiger charge is -2.25. The van der Waals surface area contributed by atoms with Gasteiger partial charge >= 0.3 is 0 Å². The fourth-order valence-electron chi connectivity index (χ4n) is 3.69. The van der Waals surface area contributed by atoms with Crippen LogP contribution in [0.3, 0.4) is 0 Å². The van der Waals surface area contributed by atoms with Crippen LogP contribution in [0.4, 0.5) is 8.78 Å². The highest BCUT2D eigenvalue weighted by molar-refractivity contribution is 7.97. The summed E-state index contributed by atoms with van der Waals surface area (Å²) in [6.07, 6.45) is 3.18. The van der Waals surface area contributed by atoms with E-state index in [9.17, 15) is 13.6 Å². The smallest absolute Gasteiger partial charge is 0.131 e. The lowest BCUT2D eigenvalue weighted by Crippen LogP contribution is -2.42. The van der Waals surface area contributed by atoms with Crippen molar-refractivity contribution in [3.05, 3.63) is 59.9 Å². The molecule has 3 nitrogen and oxygen atoms in total. The van der Waals surface area contributed by atoms with Crippen molar-refractivity contribution in [2.45, 2.75) is 44.4 Å². The van der Waals surface area contributed by atoms with Gasteiger partial charge in [-0.05, 0) is 43.5 Å². The minimum Gasteiger partial charge on any atom is -0.303 e. The van der Waals surface area contributed by atoms with Crippen molar-refractivity contribution in [1.82, 2.24) is 9.62 Å². The molecule has 1 aliphatic carbocycles. The molecule has 3 atom stereocenters. The fraction of sp³-hybridized carbons (Fsp3) is 0.458. The highest BCUT2D eigenvalue weighted by atomic mass is 32.2. The Morgan fingerprint density at radius 3 is 2.60 bits per heavy atom.